The summed E-state index contributed by atoms with van der Waals surface area (Å²) in [5, 5.41) is 29.5. The van der Waals surface area contributed by atoms with Gasteiger partial charge in [-0.2, -0.15) is 0 Å². The van der Waals surface area contributed by atoms with Crippen LogP contribution < -0.4 is 14.5 Å². The number of para-hydroxylation sites is 3. The van der Waals surface area contributed by atoms with Crippen molar-refractivity contribution in [3.63, 3.8) is 0 Å². The van der Waals surface area contributed by atoms with Gasteiger partial charge < -0.3 is 14.9 Å². The molecule has 0 spiro atoms. The molecule has 2 aliphatic heterocycles. The number of rotatable bonds is 9. The van der Waals surface area contributed by atoms with Crippen molar-refractivity contribution >= 4 is 34.6 Å². The lowest BCUT2D eigenvalue weighted by Gasteiger charge is -2.31. The Morgan fingerprint density at radius 1 is 1.00 bits per heavy atom. The van der Waals surface area contributed by atoms with Crippen LogP contribution in [-0.4, -0.2) is 50.2 Å². The first-order chi connectivity index (χ1) is 20.4. The zero-order valence-corrected chi connectivity index (χ0v) is 23.1. The highest BCUT2D eigenvalue weighted by molar-refractivity contribution is 6.13. The minimum Gasteiger partial charge on any atom is -0.482 e. The van der Waals surface area contributed by atoms with Crippen molar-refractivity contribution < 1.29 is 24.5 Å². The van der Waals surface area contributed by atoms with Gasteiger partial charge in [0.05, 0.1) is 17.1 Å². The largest absolute Gasteiger partial charge is 0.482 e. The first-order valence-corrected chi connectivity index (χ1v) is 13.9. The number of anilines is 4. The average molecular weight is 566 g/mol. The molecule has 6 rings (SSSR count). The number of allylic oxidation sites excluding steroid dienone is 1. The van der Waals surface area contributed by atoms with Crippen molar-refractivity contribution in [3.05, 3.63) is 102 Å². The number of carbonyl (C=O) groups excluding carboxylic acids is 2. The van der Waals surface area contributed by atoms with E-state index in [0.717, 1.165) is 5.69 Å². The number of aliphatic hydroxyl groups excluding tert-OH is 1. The number of nitrogens with zero attached hydrogens (tertiary/aromatic N) is 5. The van der Waals surface area contributed by atoms with Crippen LogP contribution in [0.2, 0.25) is 0 Å². The third-order valence-electron chi connectivity index (χ3n) is 7.70. The van der Waals surface area contributed by atoms with E-state index in [1.165, 1.54) is 4.90 Å². The second-order valence-electron chi connectivity index (χ2n) is 10.4. The Hall–Kier alpha value is -4.80. The molecular formula is C32H31N5O5. The SMILES string of the molecule is C[C@@H](/C=C/CCn1cc(CCO)nn1)[C@]1(O)C(=O)N(c2ccccc2)c2ccc(N3C(=O)COc4ccccc43)cc21. The van der Waals surface area contributed by atoms with Gasteiger partial charge in [-0.05, 0) is 48.9 Å². The molecule has 10 heteroatoms. The quantitative estimate of drug-likeness (QED) is 0.294. The van der Waals surface area contributed by atoms with Gasteiger partial charge in [0, 0.05) is 48.6 Å². The van der Waals surface area contributed by atoms with E-state index in [9.17, 15) is 14.7 Å². The molecule has 214 valence electrons. The topological polar surface area (TPSA) is 121 Å². The van der Waals surface area contributed by atoms with Gasteiger partial charge in [0.25, 0.3) is 11.8 Å². The van der Waals surface area contributed by atoms with Crippen LogP contribution in [-0.2, 0) is 28.2 Å². The van der Waals surface area contributed by atoms with Gasteiger partial charge in [0.15, 0.2) is 12.2 Å². The van der Waals surface area contributed by atoms with Crippen LogP contribution in [0.5, 0.6) is 5.75 Å². The number of amides is 2. The molecule has 0 fully saturated rings. The van der Waals surface area contributed by atoms with Crippen molar-refractivity contribution in [2.45, 2.75) is 31.9 Å². The van der Waals surface area contributed by atoms with E-state index < -0.39 is 17.4 Å². The molecule has 0 aliphatic carbocycles. The maximum absolute atomic E-state index is 14.1. The molecule has 1 aromatic heterocycles. The van der Waals surface area contributed by atoms with E-state index in [4.69, 9.17) is 9.84 Å². The van der Waals surface area contributed by atoms with Crippen molar-refractivity contribution in [1.82, 2.24) is 15.0 Å². The summed E-state index contributed by atoms with van der Waals surface area (Å²) < 4.78 is 7.32. The molecule has 42 heavy (non-hydrogen) atoms. The third kappa shape index (κ3) is 4.74. The Balaban J connectivity index is 1.35. The molecule has 2 aliphatic rings. The van der Waals surface area contributed by atoms with Crippen LogP contribution in [0.1, 0.15) is 24.6 Å². The molecule has 0 bridgehead atoms. The van der Waals surface area contributed by atoms with E-state index in [2.05, 4.69) is 10.3 Å². The number of aliphatic hydroxyl groups is 2. The minimum absolute atomic E-state index is 0.0120. The predicted octanol–water partition coefficient (Wildman–Crippen LogP) is 4.02. The van der Waals surface area contributed by atoms with Crippen LogP contribution in [0.25, 0.3) is 0 Å². The van der Waals surface area contributed by atoms with E-state index in [1.54, 1.807) is 46.1 Å². The van der Waals surface area contributed by atoms with Crippen molar-refractivity contribution in [2.24, 2.45) is 5.92 Å². The normalized spacial score (nSPS) is 18.7. The van der Waals surface area contributed by atoms with Crippen molar-refractivity contribution in [2.75, 3.05) is 23.0 Å². The first kappa shape index (κ1) is 27.4. The first-order valence-electron chi connectivity index (χ1n) is 13.9. The van der Waals surface area contributed by atoms with Crippen LogP contribution >= 0.6 is 0 Å². The molecule has 2 amide bonds. The van der Waals surface area contributed by atoms with Gasteiger partial charge in [-0.25, -0.2) is 0 Å². The van der Waals surface area contributed by atoms with Crippen LogP contribution in [0.4, 0.5) is 22.7 Å². The summed E-state index contributed by atoms with van der Waals surface area (Å²) in [7, 11) is 0. The zero-order chi connectivity index (χ0) is 29.3. The van der Waals surface area contributed by atoms with Gasteiger partial charge >= 0.3 is 0 Å². The number of aryl methyl sites for hydroxylation is 1. The third-order valence-corrected chi connectivity index (χ3v) is 7.70. The Kier molecular flexibility index (Phi) is 7.32. The number of carbonyl (C=O) groups is 2. The monoisotopic (exact) mass is 565 g/mol. The molecule has 4 aromatic rings. The lowest BCUT2D eigenvalue weighted by Crippen LogP contribution is -2.43. The fourth-order valence-corrected chi connectivity index (χ4v) is 5.54. The predicted molar refractivity (Wildman–Crippen MR) is 157 cm³/mol. The molecule has 0 saturated carbocycles. The summed E-state index contributed by atoms with van der Waals surface area (Å²) >= 11 is 0. The zero-order valence-electron chi connectivity index (χ0n) is 23.1. The summed E-state index contributed by atoms with van der Waals surface area (Å²) in [6.45, 7) is 2.27. The number of aromatic nitrogens is 3. The van der Waals surface area contributed by atoms with Crippen LogP contribution in [0, 0.1) is 5.92 Å². The molecular weight excluding hydrogens is 534 g/mol. The van der Waals surface area contributed by atoms with Crippen LogP contribution in [0.15, 0.2) is 91.1 Å². The Morgan fingerprint density at radius 2 is 1.79 bits per heavy atom. The van der Waals surface area contributed by atoms with Gasteiger partial charge in [-0.3, -0.25) is 24.1 Å². The summed E-state index contributed by atoms with van der Waals surface area (Å²) in [6, 6.07) is 21.8. The number of benzene rings is 3. The van der Waals surface area contributed by atoms with E-state index in [1.807, 2.05) is 61.5 Å². The Bertz CT molecular complexity index is 1650. The van der Waals surface area contributed by atoms with Crippen molar-refractivity contribution in [1.29, 1.82) is 0 Å². The molecule has 0 radical (unpaired) electrons. The highest BCUT2D eigenvalue weighted by Gasteiger charge is 2.53. The molecule has 0 unspecified atom stereocenters. The maximum Gasteiger partial charge on any atom is 0.269 e. The molecule has 2 atom stereocenters. The molecule has 10 nitrogen and oxygen atoms in total. The lowest BCUT2D eigenvalue weighted by molar-refractivity contribution is -0.138. The Labute approximate surface area is 243 Å². The van der Waals surface area contributed by atoms with Gasteiger partial charge in [0.1, 0.15) is 5.75 Å². The lowest BCUT2D eigenvalue weighted by atomic mass is 9.82. The second kappa shape index (κ2) is 11.2. The van der Waals surface area contributed by atoms with Crippen LogP contribution in [0.3, 0.4) is 0 Å². The molecule has 2 N–H and O–H groups in total. The smallest absolute Gasteiger partial charge is 0.269 e. The Morgan fingerprint density at radius 3 is 2.60 bits per heavy atom. The van der Waals surface area contributed by atoms with Gasteiger partial charge in [-0.15, -0.1) is 5.10 Å². The highest BCUT2D eigenvalue weighted by atomic mass is 16.5. The summed E-state index contributed by atoms with van der Waals surface area (Å²) in [6.07, 6.45) is 6.60. The fourth-order valence-electron chi connectivity index (χ4n) is 5.54. The number of ether oxygens (including phenoxy) is 1. The van der Waals surface area contributed by atoms with Gasteiger partial charge in [0.2, 0.25) is 0 Å². The van der Waals surface area contributed by atoms with Crippen molar-refractivity contribution in [3.8, 4) is 5.75 Å². The van der Waals surface area contributed by atoms with E-state index in [0.29, 0.717) is 53.4 Å². The number of hydrogen-bond donors (Lipinski definition) is 2. The maximum atomic E-state index is 14.1. The summed E-state index contributed by atoms with van der Waals surface area (Å²) in [4.78, 5) is 30.3. The number of hydrogen-bond acceptors (Lipinski definition) is 7. The summed E-state index contributed by atoms with van der Waals surface area (Å²) in [5.41, 5.74) is 1.60. The molecule has 0 saturated heterocycles. The van der Waals surface area contributed by atoms with E-state index in [-0.39, 0.29) is 19.1 Å². The second-order valence-corrected chi connectivity index (χ2v) is 10.4. The minimum atomic E-state index is -1.88. The average Bonchev–Trinajstić information content (AvgIpc) is 3.55. The molecule has 3 aromatic carbocycles. The molecule has 3 heterocycles. The number of fused-ring (bicyclic) bond motifs is 2. The van der Waals surface area contributed by atoms with E-state index >= 15 is 0 Å². The standard InChI is InChI=1S/C32H31N5O5/c1-22(9-7-8-17-35-20-23(16-18-38)33-34-35)32(41)26-19-25(36-28-12-5-6-13-29(28)42-21-30(36)39)14-15-27(26)37(31(32)40)24-10-3-2-4-11-24/h2-7,9-15,19-20,22,38,41H,8,16-18,21H2,1H3/b9-7+/t22-,32+/m0/s1. The van der Waals surface area contributed by atoms with Gasteiger partial charge in [-0.1, -0.05) is 54.6 Å². The summed E-state index contributed by atoms with van der Waals surface area (Å²) in [5.74, 6) is -0.718. The highest BCUT2D eigenvalue weighted by Crippen LogP contribution is 2.50. The fraction of sp³-hybridized carbons (Fsp3) is 0.250.